The van der Waals surface area contributed by atoms with E-state index in [4.69, 9.17) is 0 Å². The van der Waals surface area contributed by atoms with Crippen LogP contribution in [0.1, 0.15) is 17.0 Å². The lowest BCUT2D eigenvalue weighted by Gasteiger charge is -2.12. The van der Waals surface area contributed by atoms with E-state index in [0.29, 0.717) is 28.3 Å². The van der Waals surface area contributed by atoms with Crippen molar-refractivity contribution in [1.29, 1.82) is 0 Å². The molecule has 0 saturated heterocycles. The molecule has 1 saturated carbocycles. The SMILES string of the molecule is Fc1ccccc1Cc1nc(C2=CN(C3C(F)C3F)NN2)cn2ccnc12. The van der Waals surface area contributed by atoms with Crippen LogP contribution in [-0.2, 0) is 6.42 Å². The molecule has 1 aliphatic carbocycles. The van der Waals surface area contributed by atoms with Gasteiger partial charge in [0.2, 0.25) is 0 Å². The van der Waals surface area contributed by atoms with Gasteiger partial charge >= 0.3 is 0 Å². The molecule has 2 aromatic heterocycles. The highest BCUT2D eigenvalue weighted by Gasteiger charge is 2.56. The highest BCUT2D eigenvalue weighted by molar-refractivity contribution is 5.63. The van der Waals surface area contributed by atoms with Crippen LogP contribution in [0.5, 0.6) is 0 Å². The molecule has 2 atom stereocenters. The number of aromatic nitrogens is 3. The van der Waals surface area contributed by atoms with Gasteiger partial charge in [-0.25, -0.2) is 23.1 Å². The minimum atomic E-state index is -1.50. The fourth-order valence-electron chi connectivity index (χ4n) is 3.22. The van der Waals surface area contributed by atoms with Crippen LogP contribution in [0.25, 0.3) is 11.3 Å². The normalized spacial score (nSPS) is 24.2. The number of fused-ring (bicyclic) bond motifs is 1. The lowest BCUT2D eigenvalue weighted by Crippen LogP contribution is -2.39. The number of nitrogens with one attached hydrogen (secondary N) is 2. The van der Waals surface area contributed by atoms with Crippen molar-refractivity contribution in [2.24, 2.45) is 0 Å². The van der Waals surface area contributed by atoms with E-state index < -0.39 is 18.4 Å². The fourth-order valence-corrected chi connectivity index (χ4v) is 3.22. The summed E-state index contributed by atoms with van der Waals surface area (Å²) >= 11 is 0. The summed E-state index contributed by atoms with van der Waals surface area (Å²) < 4.78 is 42.4. The van der Waals surface area contributed by atoms with Crippen LogP contribution in [0.15, 0.2) is 49.1 Å². The number of rotatable bonds is 4. The Morgan fingerprint density at radius 2 is 1.96 bits per heavy atom. The van der Waals surface area contributed by atoms with Crippen LogP contribution < -0.4 is 11.0 Å². The number of benzene rings is 1. The molecule has 2 unspecified atom stereocenters. The zero-order chi connectivity index (χ0) is 18.5. The minimum absolute atomic E-state index is 0.271. The number of halogens is 3. The largest absolute Gasteiger partial charge is 0.303 e. The summed E-state index contributed by atoms with van der Waals surface area (Å²) in [5.74, 6) is -0.308. The van der Waals surface area contributed by atoms with Crippen LogP contribution in [0.3, 0.4) is 0 Å². The highest BCUT2D eigenvalue weighted by Crippen LogP contribution is 2.36. The van der Waals surface area contributed by atoms with E-state index in [1.54, 1.807) is 47.4 Å². The maximum atomic E-state index is 14.1. The summed E-state index contributed by atoms with van der Waals surface area (Å²) in [6, 6.07) is 5.67. The van der Waals surface area contributed by atoms with Crippen LogP contribution in [-0.4, -0.2) is 37.8 Å². The molecule has 5 rings (SSSR count). The van der Waals surface area contributed by atoms with Crippen molar-refractivity contribution in [1.82, 2.24) is 30.3 Å². The second-order valence-corrected chi connectivity index (χ2v) is 6.57. The Balaban J connectivity index is 1.51. The Bertz CT molecular complexity index is 1040. The molecule has 1 aliphatic heterocycles. The molecule has 3 heterocycles. The second kappa shape index (κ2) is 5.98. The first-order valence-electron chi connectivity index (χ1n) is 8.48. The van der Waals surface area contributed by atoms with Gasteiger partial charge in [-0.3, -0.25) is 5.01 Å². The first-order chi connectivity index (χ1) is 13.1. The van der Waals surface area contributed by atoms with Gasteiger partial charge in [-0.2, -0.15) is 0 Å². The molecular weight excluding hydrogens is 357 g/mol. The quantitative estimate of drug-likeness (QED) is 0.735. The summed E-state index contributed by atoms with van der Waals surface area (Å²) in [7, 11) is 0. The van der Waals surface area contributed by atoms with Crippen molar-refractivity contribution < 1.29 is 13.2 Å². The minimum Gasteiger partial charge on any atom is -0.303 e. The van der Waals surface area contributed by atoms with Crippen LogP contribution in [0.2, 0.25) is 0 Å². The average Bonchev–Trinajstić information content (AvgIpc) is 3.10. The molecule has 9 heteroatoms. The van der Waals surface area contributed by atoms with Gasteiger partial charge in [0.15, 0.2) is 18.0 Å². The number of hydrogen-bond acceptors (Lipinski definition) is 5. The van der Waals surface area contributed by atoms with Crippen molar-refractivity contribution in [3.8, 4) is 0 Å². The van der Waals surface area contributed by atoms with Gasteiger partial charge in [0.1, 0.15) is 17.6 Å². The number of alkyl halides is 2. The third-order valence-electron chi connectivity index (χ3n) is 4.76. The second-order valence-electron chi connectivity index (χ2n) is 6.57. The highest BCUT2D eigenvalue weighted by atomic mass is 19.2. The molecule has 0 radical (unpaired) electrons. The molecule has 2 aliphatic rings. The number of hydrogen-bond donors (Lipinski definition) is 2. The average molecular weight is 372 g/mol. The number of hydrazine groups is 2. The Labute approximate surface area is 152 Å². The zero-order valence-electron chi connectivity index (χ0n) is 14.0. The summed E-state index contributed by atoms with van der Waals surface area (Å²) in [4.78, 5) is 8.91. The molecule has 0 spiro atoms. The molecule has 0 amide bonds. The summed E-state index contributed by atoms with van der Waals surface area (Å²) in [6.07, 6.45) is 4.00. The van der Waals surface area contributed by atoms with E-state index >= 15 is 0 Å². The zero-order valence-corrected chi connectivity index (χ0v) is 14.0. The maximum Gasteiger partial charge on any atom is 0.158 e. The lowest BCUT2D eigenvalue weighted by atomic mass is 10.1. The van der Waals surface area contributed by atoms with Gasteiger partial charge in [-0.1, -0.05) is 18.2 Å². The van der Waals surface area contributed by atoms with E-state index in [0.717, 1.165) is 0 Å². The number of nitrogens with zero attached hydrogens (tertiary/aromatic N) is 4. The first kappa shape index (κ1) is 16.1. The topological polar surface area (TPSA) is 57.5 Å². The van der Waals surface area contributed by atoms with E-state index in [1.807, 2.05) is 0 Å². The predicted molar refractivity (Wildman–Crippen MR) is 91.9 cm³/mol. The Morgan fingerprint density at radius 3 is 2.74 bits per heavy atom. The predicted octanol–water partition coefficient (Wildman–Crippen LogP) is 2.14. The van der Waals surface area contributed by atoms with Gasteiger partial charge in [0.05, 0.1) is 11.4 Å². The van der Waals surface area contributed by atoms with Crippen LogP contribution in [0.4, 0.5) is 13.2 Å². The molecule has 6 nitrogen and oxygen atoms in total. The van der Waals surface area contributed by atoms with Gasteiger partial charge in [0, 0.05) is 31.2 Å². The van der Waals surface area contributed by atoms with Crippen molar-refractivity contribution >= 4 is 11.3 Å². The van der Waals surface area contributed by atoms with Crippen LogP contribution >= 0.6 is 0 Å². The van der Waals surface area contributed by atoms with Crippen LogP contribution in [0, 0.1) is 5.82 Å². The standard InChI is InChI=1S/C18H15F3N6/c19-11-4-2-1-3-10(11)7-12-18-22-5-6-26(18)8-13(23-12)14-9-27(25-24-14)17-15(20)16(17)21/h1-6,8-9,15-17,24-25H,7H2. The van der Waals surface area contributed by atoms with E-state index in [2.05, 4.69) is 20.9 Å². The first-order valence-corrected chi connectivity index (χ1v) is 8.48. The molecule has 3 aromatic rings. The fraction of sp³-hybridized carbons (Fsp3) is 0.222. The van der Waals surface area contributed by atoms with E-state index in [-0.39, 0.29) is 12.2 Å². The molecule has 1 aromatic carbocycles. The summed E-state index contributed by atoms with van der Waals surface area (Å²) in [5.41, 5.74) is 8.46. The summed E-state index contributed by atoms with van der Waals surface area (Å²) in [5, 5.41) is 1.36. The third-order valence-corrected chi connectivity index (χ3v) is 4.76. The van der Waals surface area contributed by atoms with Crippen molar-refractivity contribution in [2.75, 3.05) is 0 Å². The summed E-state index contributed by atoms with van der Waals surface area (Å²) in [6.45, 7) is 0. The van der Waals surface area contributed by atoms with E-state index in [1.165, 1.54) is 11.1 Å². The molecule has 2 N–H and O–H groups in total. The van der Waals surface area contributed by atoms with Gasteiger partial charge in [0.25, 0.3) is 0 Å². The molecular formula is C18H15F3N6. The monoisotopic (exact) mass is 372 g/mol. The smallest absolute Gasteiger partial charge is 0.158 e. The molecule has 27 heavy (non-hydrogen) atoms. The molecule has 138 valence electrons. The van der Waals surface area contributed by atoms with Gasteiger partial charge < -0.3 is 9.83 Å². The van der Waals surface area contributed by atoms with Crippen molar-refractivity contribution in [2.45, 2.75) is 24.8 Å². The molecule has 1 fully saturated rings. The maximum absolute atomic E-state index is 14.1. The number of imidazole rings is 1. The Hall–Kier alpha value is -3.07. The van der Waals surface area contributed by atoms with Crippen molar-refractivity contribution in [3.05, 3.63) is 71.8 Å². The van der Waals surface area contributed by atoms with E-state index in [9.17, 15) is 13.2 Å². The van der Waals surface area contributed by atoms with Crippen molar-refractivity contribution in [3.63, 3.8) is 0 Å². The van der Waals surface area contributed by atoms with Gasteiger partial charge in [-0.05, 0) is 11.6 Å². The van der Waals surface area contributed by atoms with Gasteiger partial charge in [-0.15, -0.1) is 5.53 Å². The Kier molecular flexibility index (Phi) is 3.57. The lowest BCUT2D eigenvalue weighted by molar-refractivity contribution is 0.228. The Morgan fingerprint density at radius 1 is 1.15 bits per heavy atom. The molecule has 0 bridgehead atoms. The third kappa shape index (κ3) is 2.71.